The highest BCUT2D eigenvalue weighted by Crippen LogP contribution is 2.29. The Morgan fingerprint density at radius 1 is 1.11 bits per heavy atom. The van der Waals surface area contributed by atoms with Crippen LogP contribution in [0.25, 0.3) is 0 Å². The van der Waals surface area contributed by atoms with Crippen LogP contribution in [0.5, 0.6) is 0 Å². The topological polar surface area (TPSA) is 51.0 Å². The first-order valence-electron chi connectivity index (χ1n) is 7.46. The lowest BCUT2D eigenvalue weighted by molar-refractivity contribution is -0.133. The van der Waals surface area contributed by atoms with Gasteiger partial charge in [-0.1, -0.05) is 12.8 Å². The summed E-state index contributed by atoms with van der Waals surface area (Å²) < 4.78 is 0. The second kappa shape index (κ2) is 5.72. The summed E-state index contributed by atoms with van der Waals surface area (Å²) in [4.78, 5) is 16.2. The maximum absolute atomic E-state index is 12.4. The van der Waals surface area contributed by atoms with Gasteiger partial charge < -0.3 is 4.90 Å². The molecule has 1 aromatic heterocycles. The van der Waals surface area contributed by atoms with Crippen molar-refractivity contribution in [2.45, 2.75) is 57.5 Å². The number of rotatable bonds is 4. The first-order valence-corrected chi connectivity index (χ1v) is 7.46. The van der Waals surface area contributed by atoms with E-state index >= 15 is 0 Å². The van der Waals surface area contributed by atoms with Gasteiger partial charge in [0, 0.05) is 13.0 Å². The second-order valence-electron chi connectivity index (χ2n) is 5.82. The highest BCUT2D eigenvalue weighted by atomic mass is 16.2. The third kappa shape index (κ3) is 2.96. The Bertz CT molecular complexity index is 411. The number of aromatic nitrogens is 3. The zero-order valence-corrected chi connectivity index (χ0v) is 11.4. The van der Waals surface area contributed by atoms with Crippen LogP contribution >= 0.6 is 0 Å². The molecule has 1 saturated carbocycles. The van der Waals surface area contributed by atoms with Crippen LogP contribution in [0.3, 0.4) is 0 Å². The molecule has 2 heterocycles. The Labute approximate surface area is 114 Å². The SMILES string of the molecule is O=C(CC1CCCC1)N1CCCC1Cn1nccn1. The van der Waals surface area contributed by atoms with Gasteiger partial charge in [0.25, 0.3) is 0 Å². The summed E-state index contributed by atoms with van der Waals surface area (Å²) in [5.74, 6) is 0.984. The molecule has 104 valence electrons. The third-order valence-electron chi connectivity index (χ3n) is 4.48. The Kier molecular flexibility index (Phi) is 3.80. The van der Waals surface area contributed by atoms with Gasteiger partial charge in [-0.25, -0.2) is 0 Å². The van der Waals surface area contributed by atoms with E-state index in [1.54, 1.807) is 17.2 Å². The number of carbonyl (C=O) groups excluding carboxylic acids is 1. The first-order chi connectivity index (χ1) is 9.33. The third-order valence-corrected chi connectivity index (χ3v) is 4.48. The summed E-state index contributed by atoms with van der Waals surface area (Å²) in [5.41, 5.74) is 0. The van der Waals surface area contributed by atoms with Gasteiger partial charge >= 0.3 is 0 Å². The van der Waals surface area contributed by atoms with Crippen LogP contribution in [0.2, 0.25) is 0 Å². The van der Waals surface area contributed by atoms with Crippen LogP contribution in [0.1, 0.15) is 44.9 Å². The molecular weight excluding hydrogens is 240 g/mol. The maximum atomic E-state index is 12.4. The lowest BCUT2D eigenvalue weighted by Crippen LogP contribution is -2.39. The smallest absolute Gasteiger partial charge is 0.223 e. The lowest BCUT2D eigenvalue weighted by Gasteiger charge is -2.25. The molecule has 0 aromatic carbocycles. The average Bonchev–Trinajstić information content (AvgIpc) is 3.10. The summed E-state index contributed by atoms with van der Waals surface area (Å²) in [6, 6.07) is 0.293. The molecule has 0 bridgehead atoms. The van der Waals surface area contributed by atoms with Gasteiger partial charge in [-0.2, -0.15) is 15.0 Å². The molecule has 19 heavy (non-hydrogen) atoms. The van der Waals surface area contributed by atoms with E-state index in [9.17, 15) is 4.79 Å². The zero-order chi connectivity index (χ0) is 13.1. The minimum absolute atomic E-state index is 0.293. The fourth-order valence-electron chi connectivity index (χ4n) is 3.46. The zero-order valence-electron chi connectivity index (χ0n) is 11.4. The van der Waals surface area contributed by atoms with Crippen molar-refractivity contribution >= 4 is 5.91 Å². The van der Waals surface area contributed by atoms with Crippen molar-refractivity contribution in [2.75, 3.05) is 6.54 Å². The van der Waals surface area contributed by atoms with Gasteiger partial charge in [-0.15, -0.1) is 0 Å². The van der Waals surface area contributed by atoms with Gasteiger partial charge in [0.2, 0.25) is 5.91 Å². The van der Waals surface area contributed by atoms with E-state index in [4.69, 9.17) is 0 Å². The number of hydrogen-bond donors (Lipinski definition) is 0. The quantitative estimate of drug-likeness (QED) is 0.832. The average molecular weight is 262 g/mol. The van der Waals surface area contributed by atoms with Crippen LogP contribution in [0.15, 0.2) is 12.4 Å². The molecule has 0 spiro atoms. The largest absolute Gasteiger partial charge is 0.338 e. The van der Waals surface area contributed by atoms with E-state index in [1.807, 2.05) is 0 Å². The minimum atomic E-state index is 0.293. The predicted octanol–water partition coefficient (Wildman–Crippen LogP) is 1.85. The molecule has 0 N–H and O–H groups in total. The second-order valence-corrected chi connectivity index (χ2v) is 5.82. The van der Waals surface area contributed by atoms with Gasteiger partial charge in [-0.3, -0.25) is 4.79 Å². The Balaban J connectivity index is 1.57. The van der Waals surface area contributed by atoms with E-state index in [-0.39, 0.29) is 0 Å². The van der Waals surface area contributed by atoms with Crippen LogP contribution in [-0.2, 0) is 11.3 Å². The van der Waals surface area contributed by atoms with E-state index in [0.717, 1.165) is 32.4 Å². The molecule has 1 atom stereocenters. The number of hydrogen-bond acceptors (Lipinski definition) is 3. The normalized spacial score (nSPS) is 24.2. The van der Waals surface area contributed by atoms with Gasteiger partial charge in [-0.05, 0) is 31.6 Å². The summed E-state index contributed by atoms with van der Waals surface area (Å²) in [7, 11) is 0. The summed E-state index contributed by atoms with van der Waals surface area (Å²) in [6.07, 6.45) is 11.4. The highest BCUT2D eigenvalue weighted by Gasteiger charge is 2.31. The highest BCUT2D eigenvalue weighted by molar-refractivity contribution is 5.77. The molecule has 3 rings (SSSR count). The fourth-order valence-corrected chi connectivity index (χ4v) is 3.46. The standard InChI is InChI=1S/C14H22N4O/c19-14(10-12-4-1-2-5-12)17-9-3-6-13(17)11-18-15-7-8-16-18/h7-8,12-13H,1-6,9-11H2. The van der Waals surface area contributed by atoms with Crippen molar-refractivity contribution in [3.8, 4) is 0 Å². The Morgan fingerprint density at radius 2 is 1.84 bits per heavy atom. The molecular formula is C14H22N4O. The molecule has 5 nitrogen and oxygen atoms in total. The van der Waals surface area contributed by atoms with Crippen molar-refractivity contribution in [1.29, 1.82) is 0 Å². The minimum Gasteiger partial charge on any atom is -0.338 e. The summed E-state index contributed by atoms with van der Waals surface area (Å²) in [6.45, 7) is 1.65. The predicted molar refractivity (Wildman–Crippen MR) is 71.3 cm³/mol. The molecule has 1 amide bonds. The van der Waals surface area contributed by atoms with Crippen LogP contribution < -0.4 is 0 Å². The van der Waals surface area contributed by atoms with E-state index < -0.39 is 0 Å². The Hall–Kier alpha value is -1.39. The van der Waals surface area contributed by atoms with Crippen molar-refractivity contribution < 1.29 is 4.79 Å². The molecule has 1 aliphatic carbocycles. The molecule has 2 fully saturated rings. The summed E-state index contributed by atoms with van der Waals surface area (Å²) >= 11 is 0. The molecule has 1 aromatic rings. The Morgan fingerprint density at radius 3 is 2.58 bits per heavy atom. The van der Waals surface area contributed by atoms with E-state index in [2.05, 4.69) is 15.1 Å². The monoisotopic (exact) mass is 262 g/mol. The molecule has 1 unspecified atom stereocenters. The molecule has 5 heteroatoms. The molecule has 2 aliphatic rings. The number of carbonyl (C=O) groups is 1. The maximum Gasteiger partial charge on any atom is 0.223 e. The molecule has 1 aliphatic heterocycles. The molecule has 0 radical (unpaired) electrons. The van der Waals surface area contributed by atoms with Crippen LogP contribution in [0.4, 0.5) is 0 Å². The number of likely N-dealkylation sites (tertiary alicyclic amines) is 1. The van der Waals surface area contributed by atoms with Gasteiger partial charge in [0.15, 0.2) is 0 Å². The first kappa shape index (κ1) is 12.6. The van der Waals surface area contributed by atoms with Crippen molar-refractivity contribution in [1.82, 2.24) is 19.9 Å². The van der Waals surface area contributed by atoms with E-state index in [1.165, 1.54) is 25.7 Å². The van der Waals surface area contributed by atoms with Gasteiger partial charge in [0.1, 0.15) is 0 Å². The van der Waals surface area contributed by atoms with Gasteiger partial charge in [0.05, 0.1) is 25.0 Å². The lowest BCUT2D eigenvalue weighted by atomic mass is 10.0. The fraction of sp³-hybridized carbons (Fsp3) is 0.786. The van der Waals surface area contributed by atoms with Crippen LogP contribution in [-0.4, -0.2) is 38.4 Å². The number of nitrogens with zero attached hydrogens (tertiary/aromatic N) is 4. The van der Waals surface area contributed by atoms with E-state index in [0.29, 0.717) is 17.9 Å². The van der Waals surface area contributed by atoms with Crippen molar-refractivity contribution in [2.24, 2.45) is 5.92 Å². The van der Waals surface area contributed by atoms with Crippen LogP contribution in [0, 0.1) is 5.92 Å². The number of amides is 1. The van der Waals surface area contributed by atoms with Crippen molar-refractivity contribution in [3.63, 3.8) is 0 Å². The van der Waals surface area contributed by atoms with Crippen molar-refractivity contribution in [3.05, 3.63) is 12.4 Å². The molecule has 1 saturated heterocycles. The summed E-state index contributed by atoms with van der Waals surface area (Å²) in [5, 5.41) is 8.29.